The first-order valence-corrected chi connectivity index (χ1v) is 5.73. The molecule has 1 rings (SSSR count). The molecule has 0 radical (unpaired) electrons. The second kappa shape index (κ2) is 5.89. The van der Waals surface area contributed by atoms with Gasteiger partial charge in [0.15, 0.2) is 0 Å². The standard InChI is InChI=1S/C11H22N2O/c1-10(2)9-12-11(14)13-7-5-3-4-6-8-13/h10H,3-9H2,1-2H3,(H,12,14). The average molecular weight is 198 g/mol. The first kappa shape index (κ1) is 11.3. The Morgan fingerprint density at radius 2 is 1.79 bits per heavy atom. The third kappa shape index (κ3) is 3.99. The van der Waals surface area contributed by atoms with E-state index in [1.54, 1.807) is 0 Å². The smallest absolute Gasteiger partial charge is 0.317 e. The molecule has 1 saturated heterocycles. The van der Waals surface area contributed by atoms with Crippen molar-refractivity contribution in [1.82, 2.24) is 10.2 Å². The zero-order valence-corrected chi connectivity index (χ0v) is 9.38. The fraction of sp³-hybridized carbons (Fsp3) is 0.909. The summed E-state index contributed by atoms with van der Waals surface area (Å²) in [4.78, 5) is 13.6. The van der Waals surface area contributed by atoms with Crippen molar-refractivity contribution in [3.8, 4) is 0 Å². The normalized spacial score (nSPS) is 18.1. The molecule has 0 bridgehead atoms. The summed E-state index contributed by atoms with van der Waals surface area (Å²) in [6, 6.07) is 0.126. The number of urea groups is 1. The first-order chi connectivity index (χ1) is 6.70. The highest BCUT2D eigenvalue weighted by Gasteiger charge is 2.14. The fourth-order valence-electron chi connectivity index (χ4n) is 1.68. The molecule has 0 aromatic carbocycles. The van der Waals surface area contributed by atoms with E-state index in [0.717, 1.165) is 32.5 Å². The van der Waals surface area contributed by atoms with Crippen LogP contribution in [0.3, 0.4) is 0 Å². The second-order valence-electron chi connectivity index (χ2n) is 4.48. The van der Waals surface area contributed by atoms with E-state index < -0.39 is 0 Å². The molecule has 1 aliphatic heterocycles. The van der Waals surface area contributed by atoms with Gasteiger partial charge in [-0.15, -0.1) is 0 Å². The Hall–Kier alpha value is -0.730. The number of carbonyl (C=O) groups is 1. The molecule has 3 nitrogen and oxygen atoms in total. The van der Waals surface area contributed by atoms with Gasteiger partial charge in [-0.1, -0.05) is 26.7 Å². The summed E-state index contributed by atoms with van der Waals surface area (Å²) in [7, 11) is 0. The third-order valence-electron chi connectivity index (χ3n) is 2.55. The number of carbonyl (C=O) groups excluding carboxylic acids is 1. The minimum absolute atomic E-state index is 0.126. The first-order valence-electron chi connectivity index (χ1n) is 5.73. The quantitative estimate of drug-likeness (QED) is 0.725. The maximum atomic E-state index is 11.7. The molecule has 1 aliphatic rings. The maximum absolute atomic E-state index is 11.7. The summed E-state index contributed by atoms with van der Waals surface area (Å²) in [5.74, 6) is 0.533. The van der Waals surface area contributed by atoms with Crippen LogP contribution < -0.4 is 5.32 Å². The molecule has 0 aliphatic carbocycles. The largest absolute Gasteiger partial charge is 0.338 e. The van der Waals surface area contributed by atoms with E-state index in [2.05, 4.69) is 19.2 Å². The van der Waals surface area contributed by atoms with Crippen LogP contribution in [-0.4, -0.2) is 30.6 Å². The highest BCUT2D eigenvalue weighted by molar-refractivity contribution is 5.74. The van der Waals surface area contributed by atoms with Crippen LogP contribution in [-0.2, 0) is 0 Å². The van der Waals surface area contributed by atoms with Crippen LogP contribution in [0.1, 0.15) is 39.5 Å². The molecule has 0 spiro atoms. The molecule has 0 atom stereocenters. The number of likely N-dealkylation sites (tertiary alicyclic amines) is 1. The van der Waals surface area contributed by atoms with Crippen molar-refractivity contribution in [2.24, 2.45) is 5.92 Å². The van der Waals surface area contributed by atoms with Gasteiger partial charge in [-0.2, -0.15) is 0 Å². The van der Waals surface area contributed by atoms with Crippen LogP contribution in [0, 0.1) is 5.92 Å². The number of hydrogen-bond donors (Lipinski definition) is 1. The molecule has 0 aromatic heterocycles. The van der Waals surface area contributed by atoms with Gasteiger partial charge in [0, 0.05) is 19.6 Å². The molecule has 0 saturated carbocycles. The SMILES string of the molecule is CC(C)CNC(=O)N1CCCCCC1. The van der Waals surface area contributed by atoms with Gasteiger partial charge in [-0.25, -0.2) is 4.79 Å². The zero-order valence-electron chi connectivity index (χ0n) is 9.38. The lowest BCUT2D eigenvalue weighted by atomic mass is 10.2. The van der Waals surface area contributed by atoms with Crippen LogP contribution in [0.5, 0.6) is 0 Å². The van der Waals surface area contributed by atoms with Crippen LogP contribution >= 0.6 is 0 Å². The highest BCUT2D eigenvalue weighted by Crippen LogP contribution is 2.09. The van der Waals surface area contributed by atoms with E-state index >= 15 is 0 Å². The Labute approximate surface area is 86.9 Å². The molecular formula is C11H22N2O. The molecule has 1 fully saturated rings. The van der Waals surface area contributed by atoms with Gasteiger partial charge in [0.2, 0.25) is 0 Å². The Kier molecular flexibility index (Phi) is 4.77. The predicted molar refractivity (Wildman–Crippen MR) is 58.3 cm³/mol. The summed E-state index contributed by atoms with van der Waals surface area (Å²) < 4.78 is 0. The van der Waals surface area contributed by atoms with Gasteiger partial charge in [-0.05, 0) is 18.8 Å². The summed E-state index contributed by atoms with van der Waals surface area (Å²) in [5, 5.41) is 2.97. The lowest BCUT2D eigenvalue weighted by molar-refractivity contribution is 0.198. The van der Waals surface area contributed by atoms with Crippen LogP contribution in [0.4, 0.5) is 4.79 Å². The number of amides is 2. The number of nitrogens with zero attached hydrogens (tertiary/aromatic N) is 1. The monoisotopic (exact) mass is 198 g/mol. The van der Waals surface area contributed by atoms with Crippen molar-refractivity contribution in [2.75, 3.05) is 19.6 Å². The Morgan fingerprint density at radius 3 is 2.29 bits per heavy atom. The Balaban J connectivity index is 2.27. The van der Waals surface area contributed by atoms with E-state index in [1.165, 1.54) is 12.8 Å². The van der Waals surface area contributed by atoms with E-state index in [0.29, 0.717) is 5.92 Å². The van der Waals surface area contributed by atoms with Crippen molar-refractivity contribution in [3.63, 3.8) is 0 Å². The molecule has 14 heavy (non-hydrogen) atoms. The summed E-state index contributed by atoms with van der Waals surface area (Å²) in [5.41, 5.74) is 0. The number of hydrogen-bond acceptors (Lipinski definition) is 1. The van der Waals surface area contributed by atoms with Crippen LogP contribution in [0.2, 0.25) is 0 Å². The van der Waals surface area contributed by atoms with Crippen molar-refractivity contribution in [3.05, 3.63) is 0 Å². The summed E-state index contributed by atoms with van der Waals surface area (Å²) in [6.45, 7) is 6.88. The minimum atomic E-state index is 0.126. The molecule has 82 valence electrons. The van der Waals surface area contributed by atoms with Gasteiger partial charge in [0.1, 0.15) is 0 Å². The maximum Gasteiger partial charge on any atom is 0.317 e. The van der Waals surface area contributed by atoms with E-state index in [1.807, 2.05) is 4.90 Å². The summed E-state index contributed by atoms with van der Waals surface area (Å²) >= 11 is 0. The Bertz CT molecular complexity index is 172. The van der Waals surface area contributed by atoms with Crippen LogP contribution in [0.15, 0.2) is 0 Å². The van der Waals surface area contributed by atoms with Crippen LogP contribution in [0.25, 0.3) is 0 Å². The molecule has 3 heteroatoms. The number of rotatable bonds is 2. The molecule has 0 aromatic rings. The van der Waals surface area contributed by atoms with Crippen molar-refractivity contribution < 1.29 is 4.79 Å². The lowest BCUT2D eigenvalue weighted by Crippen LogP contribution is -2.41. The lowest BCUT2D eigenvalue weighted by Gasteiger charge is -2.21. The van der Waals surface area contributed by atoms with Crippen molar-refractivity contribution in [1.29, 1.82) is 0 Å². The Morgan fingerprint density at radius 1 is 1.21 bits per heavy atom. The average Bonchev–Trinajstić information content (AvgIpc) is 2.42. The van der Waals surface area contributed by atoms with Gasteiger partial charge in [0.25, 0.3) is 0 Å². The second-order valence-corrected chi connectivity index (χ2v) is 4.48. The zero-order chi connectivity index (χ0) is 10.4. The van der Waals surface area contributed by atoms with E-state index in [4.69, 9.17) is 0 Å². The van der Waals surface area contributed by atoms with Gasteiger partial charge in [-0.3, -0.25) is 0 Å². The van der Waals surface area contributed by atoms with Gasteiger partial charge >= 0.3 is 6.03 Å². The highest BCUT2D eigenvalue weighted by atomic mass is 16.2. The predicted octanol–water partition coefficient (Wildman–Crippen LogP) is 2.23. The van der Waals surface area contributed by atoms with Gasteiger partial charge in [0.05, 0.1) is 0 Å². The molecule has 1 heterocycles. The van der Waals surface area contributed by atoms with Gasteiger partial charge < -0.3 is 10.2 Å². The minimum Gasteiger partial charge on any atom is -0.338 e. The summed E-state index contributed by atoms with van der Waals surface area (Å²) in [6.07, 6.45) is 4.87. The molecule has 0 unspecified atom stereocenters. The van der Waals surface area contributed by atoms with Crippen molar-refractivity contribution >= 4 is 6.03 Å². The molecule has 2 amide bonds. The number of nitrogens with one attached hydrogen (secondary N) is 1. The third-order valence-corrected chi connectivity index (χ3v) is 2.55. The van der Waals surface area contributed by atoms with Crippen molar-refractivity contribution in [2.45, 2.75) is 39.5 Å². The van der Waals surface area contributed by atoms with E-state index in [9.17, 15) is 4.79 Å². The topological polar surface area (TPSA) is 32.3 Å². The molecule has 1 N–H and O–H groups in total. The fourth-order valence-corrected chi connectivity index (χ4v) is 1.68. The van der Waals surface area contributed by atoms with E-state index in [-0.39, 0.29) is 6.03 Å². The molecular weight excluding hydrogens is 176 g/mol.